The van der Waals surface area contributed by atoms with E-state index in [1.165, 1.54) is 0 Å². The lowest BCUT2D eigenvalue weighted by Crippen LogP contribution is -1.96. The first-order valence-electron chi connectivity index (χ1n) is 5.50. The summed E-state index contributed by atoms with van der Waals surface area (Å²) in [6.07, 6.45) is 4.04. The molecule has 0 saturated carbocycles. The number of hydrogen-bond donors (Lipinski definition) is 0. The number of furan rings is 1. The molecule has 0 aliphatic carbocycles. The van der Waals surface area contributed by atoms with Gasteiger partial charge in [0.15, 0.2) is 22.5 Å². The van der Waals surface area contributed by atoms with Crippen molar-refractivity contribution in [1.29, 1.82) is 0 Å². The van der Waals surface area contributed by atoms with Crippen molar-refractivity contribution in [3.63, 3.8) is 0 Å². The van der Waals surface area contributed by atoms with Gasteiger partial charge in [0.1, 0.15) is 5.69 Å². The maximum Gasteiger partial charge on any atom is 0.169 e. The SMILES string of the molecule is O=Cc1cn(-c2ccccn2)nc1-c1ccc(Br)o1. The molecule has 0 N–H and O–H groups in total. The molecule has 0 radical (unpaired) electrons. The molecule has 0 aromatic carbocycles. The Morgan fingerprint density at radius 2 is 2.16 bits per heavy atom. The van der Waals surface area contributed by atoms with Gasteiger partial charge in [0.05, 0.1) is 5.56 Å². The summed E-state index contributed by atoms with van der Waals surface area (Å²) in [6.45, 7) is 0. The summed E-state index contributed by atoms with van der Waals surface area (Å²) in [6, 6.07) is 8.99. The highest BCUT2D eigenvalue weighted by Crippen LogP contribution is 2.26. The maximum absolute atomic E-state index is 11.1. The zero-order chi connectivity index (χ0) is 13.2. The normalized spacial score (nSPS) is 10.6. The molecule has 3 aromatic rings. The summed E-state index contributed by atoms with van der Waals surface area (Å²) < 4.78 is 7.56. The molecular weight excluding hydrogens is 310 g/mol. The molecule has 6 heteroatoms. The maximum atomic E-state index is 11.1. The molecule has 94 valence electrons. The number of pyridine rings is 1. The van der Waals surface area contributed by atoms with E-state index in [1.807, 2.05) is 18.2 Å². The van der Waals surface area contributed by atoms with Crippen LogP contribution in [0.1, 0.15) is 10.4 Å². The van der Waals surface area contributed by atoms with Gasteiger partial charge in [-0.05, 0) is 40.2 Å². The van der Waals surface area contributed by atoms with Crippen molar-refractivity contribution in [1.82, 2.24) is 14.8 Å². The minimum absolute atomic E-state index is 0.451. The van der Waals surface area contributed by atoms with Gasteiger partial charge in [0, 0.05) is 12.4 Å². The van der Waals surface area contributed by atoms with Crippen molar-refractivity contribution in [3.8, 4) is 17.3 Å². The van der Waals surface area contributed by atoms with E-state index in [1.54, 1.807) is 29.2 Å². The summed E-state index contributed by atoms with van der Waals surface area (Å²) in [5, 5.41) is 4.34. The van der Waals surface area contributed by atoms with E-state index in [9.17, 15) is 4.79 Å². The topological polar surface area (TPSA) is 60.9 Å². The van der Waals surface area contributed by atoms with Crippen LogP contribution < -0.4 is 0 Å². The molecule has 0 spiro atoms. The smallest absolute Gasteiger partial charge is 0.169 e. The Morgan fingerprint density at radius 3 is 2.79 bits per heavy atom. The summed E-state index contributed by atoms with van der Waals surface area (Å²) in [5.41, 5.74) is 0.943. The fraction of sp³-hybridized carbons (Fsp3) is 0. The van der Waals surface area contributed by atoms with Crippen molar-refractivity contribution >= 4 is 22.2 Å². The minimum Gasteiger partial charge on any atom is -0.448 e. The van der Waals surface area contributed by atoms with E-state index in [4.69, 9.17) is 4.42 Å². The number of carbonyl (C=O) groups is 1. The quantitative estimate of drug-likeness (QED) is 0.696. The van der Waals surface area contributed by atoms with Crippen LogP contribution >= 0.6 is 15.9 Å². The Labute approximate surface area is 117 Å². The molecule has 0 bridgehead atoms. The first-order valence-corrected chi connectivity index (χ1v) is 6.29. The zero-order valence-corrected chi connectivity index (χ0v) is 11.2. The molecule has 0 amide bonds. The molecule has 19 heavy (non-hydrogen) atoms. The van der Waals surface area contributed by atoms with Crippen molar-refractivity contribution in [2.45, 2.75) is 0 Å². The monoisotopic (exact) mass is 317 g/mol. The van der Waals surface area contributed by atoms with Crippen LogP contribution in [0.25, 0.3) is 17.3 Å². The van der Waals surface area contributed by atoms with Crippen LogP contribution in [0.4, 0.5) is 0 Å². The Hall–Kier alpha value is -2.21. The van der Waals surface area contributed by atoms with Crippen LogP contribution in [0.3, 0.4) is 0 Å². The van der Waals surface area contributed by atoms with Gasteiger partial charge in [-0.3, -0.25) is 4.79 Å². The molecule has 0 saturated heterocycles. The lowest BCUT2D eigenvalue weighted by atomic mass is 10.2. The lowest BCUT2D eigenvalue weighted by molar-refractivity contribution is 0.112. The third kappa shape index (κ3) is 2.22. The summed E-state index contributed by atoms with van der Waals surface area (Å²) in [4.78, 5) is 15.3. The molecule has 0 aliphatic heterocycles. The predicted molar refractivity (Wildman–Crippen MR) is 72.1 cm³/mol. The fourth-order valence-electron chi connectivity index (χ4n) is 1.71. The van der Waals surface area contributed by atoms with Crippen LogP contribution in [-0.4, -0.2) is 21.1 Å². The van der Waals surface area contributed by atoms with E-state index in [2.05, 4.69) is 26.0 Å². The van der Waals surface area contributed by atoms with Crippen molar-refractivity contribution in [2.75, 3.05) is 0 Å². The highest BCUT2D eigenvalue weighted by Gasteiger charge is 2.15. The molecule has 0 fully saturated rings. The van der Waals surface area contributed by atoms with Crippen LogP contribution in [0.5, 0.6) is 0 Å². The van der Waals surface area contributed by atoms with Gasteiger partial charge in [-0.1, -0.05) is 6.07 Å². The highest BCUT2D eigenvalue weighted by atomic mass is 79.9. The van der Waals surface area contributed by atoms with Crippen LogP contribution in [-0.2, 0) is 0 Å². The molecule has 5 nitrogen and oxygen atoms in total. The number of nitrogens with zero attached hydrogens (tertiary/aromatic N) is 3. The summed E-state index contributed by atoms with van der Waals surface area (Å²) >= 11 is 3.23. The second-order valence-electron chi connectivity index (χ2n) is 3.79. The van der Waals surface area contributed by atoms with Crippen LogP contribution in [0.15, 0.2) is 51.8 Å². The number of hydrogen-bond acceptors (Lipinski definition) is 4. The Kier molecular flexibility index (Phi) is 3.00. The summed E-state index contributed by atoms with van der Waals surface area (Å²) in [7, 11) is 0. The Morgan fingerprint density at radius 1 is 1.26 bits per heavy atom. The third-order valence-electron chi connectivity index (χ3n) is 2.56. The van der Waals surface area contributed by atoms with E-state index < -0.39 is 0 Å². The lowest BCUT2D eigenvalue weighted by Gasteiger charge is -1.97. The van der Waals surface area contributed by atoms with Gasteiger partial charge in [-0.25, -0.2) is 9.67 Å². The average molecular weight is 318 g/mol. The standard InChI is InChI=1S/C13H8BrN3O2/c14-11-5-4-10(19-11)13-9(8-18)7-17(16-13)12-3-1-2-6-15-12/h1-8H. The van der Waals surface area contributed by atoms with Gasteiger partial charge in [-0.2, -0.15) is 5.10 Å². The highest BCUT2D eigenvalue weighted by molar-refractivity contribution is 9.10. The number of aldehydes is 1. The molecule has 3 rings (SSSR count). The first kappa shape index (κ1) is 11.9. The number of carbonyl (C=O) groups excluding carboxylic acids is 1. The molecule has 0 atom stereocenters. The molecule has 3 aromatic heterocycles. The van der Waals surface area contributed by atoms with Gasteiger partial charge in [0.25, 0.3) is 0 Å². The predicted octanol–water partition coefficient (Wildman–Crippen LogP) is 3.10. The van der Waals surface area contributed by atoms with Crippen LogP contribution in [0.2, 0.25) is 0 Å². The van der Waals surface area contributed by atoms with Crippen molar-refractivity contribution in [2.24, 2.45) is 0 Å². The number of halogens is 1. The second-order valence-corrected chi connectivity index (χ2v) is 4.57. The largest absolute Gasteiger partial charge is 0.448 e. The molecule has 0 aliphatic rings. The van der Waals surface area contributed by atoms with Gasteiger partial charge >= 0.3 is 0 Å². The van der Waals surface area contributed by atoms with E-state index in [0.717, 1.165) is 6.29 Å². The molecular formula is C13H8BrN3O2. The van der Waals surface area contributed by atoms with Crippen molar-refractivity contribution in [3.05, 3.63) is 53.0 Å². The van der Waals surface area contributed by atoms with Gasteiger partial charge in [-0.15, -0.1) is 0 Å². The van der Waals surface area contributed by atoms with E-state index in [-0.39, 0.29) is 0 Å². The van der Waals surface area contributed by atoms with E-state index in [0.29, 0.717) is 27.5 Å². The Bertz CT molecular complexity index is 719. The van der Waals surface area contributed by atoms with E-state index >= 15 is 0 Å². The molecule has 0 unspecified atom stereocenters. The van der Waals surface area contributed by atoms with Gasteiger partial charge in [0.2, 0.25) is 0 Å². The summed E-state index contributed by atoms with van der Waals surface area (Å²) in [5.74, 6) is 1.17. The third-order valence-corrected chi connectivity index (χ3v) is 2.99. The average Bonchev–Trinajstić information content (AvgIpc) is 3.05. The minimum atomic E-state index is 0.451. The second kappa shape index (κ2) is 4.81. The molecule has 3 heterocycles. The first-order chi connectivity index (χ1) is 9.28. The van der Waals surface area contributed by atoms with Gasteiger partial charge < -0.3 is 4.42 Å². The van der Waals surface area contributed by atoms with Crippen molar-refractivity contribution < 1.29 is 9.21 Å². The zero-order valence-electron chi connectivity index (χ0n) is 9.65. The fourth-order valence-corrected chi connectivity index (χ4v) is 2.02. The number of rotatable bonds is 3. The van der Waals surface area contributed by atoms with Crippen LogP contribution in [0, 0.1) is 0 Å². The Balaban J connectivity index is 2.11. The number of aromatic nitrogens is 3.